The third-order valence-corrected chi connectivity index (χ3v) is 4.64. The monoisotopic (exact) mass is 269 g/mol. The molecule has 0 saturated carbocycles. The van der Waals surface area contributed by atoms with Crippen molar-refractivity contribution in [3.8, 4) is 0 Å². The summed E-state index contributed by atoms with van der Waals surface area (Å²) in [5.74, 6) is 0.938. The molecule has 1 N–H and O–H groups in total. The summed E-state index contributed by atoms with van der Waals surface area (Å²) in [5, 5.41) is 3.42. The van der Waals surface area contributed by atoms with E-state index < -0.39 is 0 Å². The molecule has 3 atom stereocenters. The lowest BCUT2D eigenvalue weighted by Gasteiger charge is -2.41. The highest BCUT2D eigenvalue weighted by molar-refractivity contribution is 5.81. The average molecular weight is 269 g/mol. The van der Waals surface area contributed by atoms with Gasteiger partial charge in [-0.25, -0.2) is 0 Å². The number of likely N-dealkylation sites (N-methyl/N-ethyl adjacent to an activating group) is 1. The maximum atomic E-state index is 12.4. The van der Waals surface area contributed by atoms with Crippen molar-refractivity contribution in [3.63, 3.8) is 0 Å². The van der Waals surface area contributed by atoms with Crippen LogP contribution in [0.2, 0.25) is 0 Å². The van der Waals surface area contributed by atoms with Gasteiger partial charge in [0.15, 0.2) is 0 Å². The van der Waals surface area contributed by atoms with Gasteiger partial charge in [-0.3, -0.25) is 9.69 Å². The zero-order valence-electron chi connectivity index (χ0n) is 13.3. The number of hydrogen-bond donors (Lipinski definition) is 1. The van der Waals surface area contributed by atoms with E-state index in [2.05, 4.69) is 37.9 Å². The lowest BCUT2D eigenvalue weighted by atomic mass is 9.89. The molecule has 3 unspecified atom stereocenters. The summed E-state index contributed by atoms with van der Waals surface area (Å²) in [6.07, 6.45) is 2.32. The Kier molecular flexibility index (Phi) is 6.80. The van der Waals surface area contributed by atoms with Crippen molar-refractivity contribution < 1.29 is 4.79 Å². The van der Waals surface area contributed by atoms with Crippen molar-refractivity contribution >= 4 is 5.91 Å². The van der Waals surface area contributed by atoms with Crippen molar-refractivity contribution in [1.29, 1.82) is 0 Å². The van der Waals surface area contributed by atoms with Gasteiger partial charge in [0.1, 0.15) is 0 Å². The highest BCUT2D eigenvalue weighted by Gasteiger charge is 2.32. The fourth-order valence-electron chi connectivity index (χ4n) is 3.16. The number of carbonyl (C=O) groups is 1. The third-order valence-electron chi connectivity index (χ3n) is 4.64. The van der Waals surface area contributed by atoms with Crippen LogP contribution in [0.25, 0.3) is 0 Å². The molecule has 0 aromatic heterocycles. The van der Waals surface area contributed by atoms with E-state index >= 15 is 0 Å². The van der Waals surface area contributed by atoms with Crippen LogP contribution in [0, 0.1) is 5.92 Å². The molecular formula is C15H31N3O. The molecule has 1 aliphatic rings. The first-order valence-corrected chi connectivity index (χ1v) is 7.78. The van der Waals surface area contributed by atoms with Gasteiger partial charge in [-0.2, -0.15) is 0 Å². The normalized spacial score (nSPS) is 26.2. The fraction of sp³-hybridized carbons (Fsp3) is 0.933. The van der Waals surface area contributed by atoms with E-state index in [0.717, 1.165) is 32.6 Å². The Labute approximate surface area is 118 Å². The minimum absolute atomic E-state index is 0.0201. The molecule has 1 aliphatic heterocycles. The number of rotatable bonds is 6. The Morgan fingerprint density at radius 1 is 1.37 bits per heavy atom. The van der Waals surface area contributed by atoms with E-state index in [1.807, 2.05) is 11.9 Å². The van der Waals surface area contributed by atoms with Crippen LogP contribution in [0.4, 0.5) is 0 Å². The number of carbonyl (C=O) groups excluding carboxylic acids is 1. The quantitative estimate of drug-likeness (QED) is 0.795. The zero-order valence-corrected chi connectivity index (χ0v) is 13.3. The van der Waals surface area contributed by atoms with E-state index in [1.54, 1.807) is 0 Å². The number of hydrogen-bond acceptors (Lipinski definition) is 3. The molecule has 0 bridgehead atoms. The van der Waals surface area contributed by atoms with Crippen LogP contribution in [-0.4, -0.2) is 61.0 Å². The highest BCUT2D eigenvalue weighted by atomic mass is 16.2. The van der Waals surface area contributed by atoms with Crippen molar-refractivity contribution in [1.82, 2.24) is 15.1 Å². The second kappa shape index (κ2) is 7.85. The Bertz CT molecular complexity index is 279. The molecule has 1 heterocycles. The summed E-state index contributed by atoms with van der Waals surface area (Å²) < 4.78 is 0. The largest absolute Gasteiger partial charge is 0.342 e. The molecule has 0 radical (unpaired) electrons. The molecule has 1 amide bonds. The Balaban J connectivity index is 2.63. The van der Waals surface area contributed by atoms with Crippen molar-refractivity contribution in [2.24, 2.45) is 5.92 Å². The van der Waals surface area contributed by atoms with E-state index in [-0.39, 0.29) is 11.9 Å². The highest BCUT2D eigenvalue weighted by Crippen LogP contribution is 2.22. The molecule has 0 aromatic rings. The van der Waals surface area contributed by atoms with Crippen LogP contribution in [-0.2, 0) is 4.79 Å². The molecule has 19 heavy (non-hydrogen) atoms. The molecule has 1 rings (SSSR count). The molecule has 1 saturated heterocycles. The molecule has 4 heteroatoms. The average Bonchev–Trinajstić information content (AvgIpc) is 2.46. The fourth-order valence-corrected chi connectivity index (χ4v) is 3.16. The minimum atomic E-state index is 0.0201. The van der Waals surface area contributed by atoms with E-state index in [0.29, 0.717) is 12.0 Å². The van der Waals surface area contributed by atoms with Gasteiger partial charge in [0.05, 0.1) is 6.04 Å². The van der Waals surface area contributed by atoms with Gasteiger partial charge in [-0.1, -0.05) is 13.3 Å². The number of nitrogens with zero attached hydrogens (tertiary/aromatic N) is 2. The van der Waals surface area contributed by atoms with E-state index in [4.69, 9.17) is 0 Å². The van der Waals surface area contributed by atoms with Gasteiger partial charge < -0.3 is 10.2 Å². The Morgan fingerprint density at radius 3 is 2.47 bits per heavy atom. The first-order chi connectivity index (χ1) is 9.08. The summed E-state index contributed by atoms with van der Waals surface area (Å²) in [7, 11) is 2.05. The van der Waals surface area contributed by atoms with Gasteiger partial charge in [0.2, 0.25) is 5.91 Å². The summed E-state index contributed by atoms with van der Waals surface area (Å²) in [6.45, 7) is 12.1. The van der Waals surface area contributed by atoms with Crippen LogP contribution in [0.5, 0.6) is 0 Å². The van der Waals surface area contributed by atoms with Crippen LogP contribution in [0.3, 0.4) is 0 Å². The van der Waals surface area contributed by atoms with Gasteiger partial charge in [0, 0.05) is 32.2 Å². The number of piperidine rings is 1. The standard InChI is InChI=1S/C15H31N3O/c1-6-13-11-18(10-9-14(13)16-5)12(4)15(19)17(7-2)8-3/h12-14,16H,6-11H2,1-5H3. The molecular weight excluding hydrogens is 238 g/mol. The smallest absolute Gasteiger partial charge is 0.239 e. The summed E-state index contributed by atoms with van der Waals surface area (Å²) in [5.41, 5.74) is 0. The first-order valence-electron chi connectivity index (χ1n) is 7.78. The van der Waals surface area contributed by atoms with Crippen molar-refractivity contribution in [3.05, 3.63) is 0 Å². The second-order valence-corrected chi connectivity index (χ2v) is 5.53. The molecule has 0 aromatic carbocycles. The summed E-state index contributed by atoms with van der Waals surface area (Å²) >= 11 is 0. The van der Waals surface area contributed by atoms with Gasteiger partial charge >= 0.3 is 0 Å². The predicted molar refractivity (Wildman–Crippen MR) is 80.2 cm³/mol. The Hall–Kier alpha value is -0.610. The van der Waals surface area contributed by atoms with Crippen LogP contribution >= 0.6 is 0 Å². The van der Waals surface area contributed by atoms with Crippen molar-refractivity contribution in [2.75, 3.05) is 33.2 Å². The first kappa shape index (κ1) is 16.4. The van der Waals surface area contributed by atoms with Gasteiger partial charge in [0.25, 0.3) is 0 Å². The van der Waals surface area contributed by atoms with Crippen LogP contribution < -0.4 is 5.32 Å². The van der Waals surface area contributed by atoms with Crippen LogP contribution in [0.15, 0.2) is 0 Å². The van der Waals surface area contributed by atoms with E-state index in [9.17, 15) is 4.79 Å². The number of amides is 1. The summed E-state index contributed by atoms with van der Waals surface area (Å²) in [6, 6.07) is 0.628. The van der Waals surface area contributed by atoms with Crippen LogP contribution in [0.1, 0.15) is 40.5 Å². The maximum absolute atomic E-state index is 12.4. The topological polar surface area (TPSA) is 35.6 Å². The molecule has 112 valence electrons. The minimum Gasteiger partial charge on any atom is -0.342 e. The lowest BCUT2D eigenvalue weighted by Crippen LogP contribution is -2.55. The molecule has 0 aliphatic carbocycles. The third kappa shape index (κ3) is 3.93. The molecule has 1 fully saturated rings. The Morgan fingerprint density at radius 2 is 2.00 bits per heavy atom. The van der Waals surface area contributed by atoms with E-state index in [1.165, 1.54) is 6.42 Å². The number of likely N-dealkylation sites (tertiary alicyclic amines) is 1. The molecule has 4 nitrogen and oxygen atoms in total. The molecule has 0 spiro atoms. The van der Waals surface area contributed by atoms with Crippen molar-refractivity contribution in [2.45, 2.75) is 52.6 Å². The lowest BCUT2D eigenvalue weighted by molar-refractivity contribution is -0.136. The van der Waals surface area contributed by atoms with Gasteiger partial charge in [-0.15, -0.1) is 0 Å². The zero-order chi connectivity index (χ0) is 14.4. The number of nitrogens with one attached hydrogen (secondary N) is 1. The second-order valence-electron chi connectivity index (χ2n) is 5.53. The predicted octanol–water partition coefficient (Wildman–Crippen LogP) is 1.56. The van der Waals surface area contributed by atoms with Gasteiger partial charge in [-0.05, 0) is 40.2 Å². The SMILES string of the molecule is CCC1CN(C(C)C(=O)N(CC)CC)CCC1NC. The maximum Gasteiger partial charge on any atom is 0.239 e. The summed E-state index contributed by atoms with van der Waals surface area (Å²) in [4.78, 5) is 16.7.